The molecule has 0 spiro atoms. The van der Waals surface area contributed by atoms with Gasteiger partial charge in [0.15, 0.2) is 0 Å². The Kier molecular flexibility index (Phi) is 6.03. The summed E-state index contributed by atoms with van der Waals surface area (Å²) >= 11 is 6.05. The van der Waals surface area contributed by atoms with E-state index in [9.17, 15) is 18.8 Å². The summed E-state index contributed by atoms with van der Waals surface area (Å²) in [6.45, 7) is 1.44. The molecule has 1 fully saturated rings. The van der Waals surface area contributed by atoms with Crippen LogP contribution in [0.2, 0.25) is 5.02 Å². The highest BCUT2D eigenvalue weighted by Crippen LogP contribution is 2.33. The molecule has 0 aromatic heterocycles. The summed E-state index contributed by atoms with van der Waals surface area (Å²) in [6.07, 6.45) is 0. The second-order valence-corrected chi connectivity index (χ2v) is 6.99. The lowest BCUT2D eigenvalue weighted by Crippen LogP contribution is -2.44. The number of halogens is 2. The molecule has 2 aromatic carbocycles. The molecule has 1 aliphatic rings. The molecule has 1 heterocycles. The van der Waals surface area contributed by atoms with Gasteiger partial charge in [-0.15, -0.1) is 0 Å². The van der Waals surface area contributed by atoms with Gasteiger partial charge in [-0.2, -0.15) is 0 Å². The van der Waals surface area contributed by atoms with Crippen molar-refractivity contribution >= 4 is 29.4 Å². The zero-order valence-corrected chi connectivity index (χ0v) is 16.3. The molecular formula is C20H19ClFN3O4. The van der Waals surface area contributed by atoms with Crippen molar-refractivity contribution in [2.75, 3.05) is 19.7 Å². The van der Waals surface area contributed by atoms with E-state index in [1.165, 1.54) is 13.0 Å². The predicted octanol–water partition coefficient (Wildman–Crippen LogP) is 2.44. The fraction of sp³-hybridized carbons (Fsp3) is 0.250. The number of nitrogens with zero attached hydrogens (tertiary/aromatic N) is 1. The molecule has 9 heteroatoms. The lowest BCUT2D eigenvalue weighted by Gasteiger charge is -2.23. The largest absolute Gasteiger partial charge is 0.492 e. The minimum absolute atomic E-state index is 0.00510. The molecular weight excluding hydrogens is 401 g/mol. The molecule has 29 heavy (non-hydrogen) atoms. The normalized spacial score (nSPS) is 18.5. The topological polar surface area (TPSA) is 87.7 Å². The Balaban J connectivity index is 1.57. The van der Waals surface area contributed by atoms with Gasteiger partial charge in [0, 0.05) is 10.6 Å². The van der Waals surface area contributed by atoms with Crippen LogP contribution in [-0.2, 0) is 15.1 Å². The minimum Gasteiger partial charge on any atom is -0.492 e. The molecule has 0 radical (unpaired) electrons. The lowest BCUT2D eigenvalue weighted by molar-refractivity contribution is -0.134. The molecule has 0 bridgehead atoms. The molecule has 1 aliphatic heterocycles. The van der Waals surface area contributed by atoms with Crippen LogP contribution in [0.5, 0.6) is 5.75 Å². The SMILES string of the molecule is CC1(c2ccc(F)cc2Cl)NC(=O)N(CC(=O)NCCOc2ccccc2)C1=O. The van der Waals surface area contributed by atoms with Crippen LogP contribution in [0.15, 0.2) is 48.5 Å². The number of hydrogen-bond acceptors (Lipinski definition) is 4. The van der Waals surface area contributed by atoms with Crippen molar-refractivity contribution in [3.63, 3.8) is 0 Å². The third-order valence-electron chi connectivity index (χ3n) is 4.48. The Morgan fingerprint density at radius 1 is 1.24 bits per heavy atom. The Morgan fingerprint density at radius 2 is 1.97 bits per heavy atom. The molecule has 152 valence electrons. The summed E-state index contributed by atoms with van der Waals surface area (Å²) in [5, 5.41) is 5.13. The standard InChI is InChI=1S/C20H19ClFN3O4/c1-20(15-8-7-13(22)11-16(15)21)18(27)25(19(28)24-20)12-17(26)23-9-10-29-14-5-3-2-4-6-14/h2-8,11H,9-10,12H2,1H3,(H,23,26)(H,24,28). The maximum absolute atomic E-state index is 13.3. The van der Waals surface area contributed by atoms with Crippen LogP contribution in [0, 0.1) is 5.82 Å². The van der Waals surface area contributed by atoms with Crippen molar-refractivity contribution in [2.24, 2.45) is 0 Å². The molecule has 1 saturated heterocycles. The van der Waals surface area contributed by atoms with Gasteiger partial charge in [-0.1, -0.05) is 35.9 Å². The third kappa shape index (κ3) is 4.48. The van der Waals surface area contributed by atoms with E-state index in [-0.39, 0.29) is 23.7 Å². The van der Waals surface area contributed by atoms with E-state index in [1.807, 2.05) is 18.2 Å². The smallest absolute Gasteiger partial charge is 0.325 e. The van der Waals surface area contributed by atoms with Gasteiger partial charge in [0.25, 0.3) is 5.91 Å². The van der Waals surface area contributed by atoms with Crippen molar-refractivity contribution in [1.29, 1.82) is 0 Å². The minimum atomic E-state index is -1.49. The van der Waals surface area contributed by atoms with Gasteiger partial charge in [0.05, 0.1) is 6.54 Å². The quantitative estimate of drug-likeness (QED) is 0.533. The molecule has 2 aromatic rings. The van der Waals surface area contributed by atoms with E-state index < -0.39 is 35.7 Å². The van der Waals surface area contributed by atoms with Gasteiger partial charge in [-0.25, -0.2) is 9.18 Å². The number of para-hydroxylation sites is 1. The van der Waals surface area contributed by atoms with E-state index in [0.29, 0.717) is 5.75 Å². The second-order valence-electron chi connectivity index (χ2n) is 6.58. The van der Waals surface area contributed by atoms with Crippen molar-refractivity contribution in [3.05, 3.63) is 64.9 Å². The second kappa shape index (κ2) is 8.48. The highest BCUT2D eigenvalue weighted by Gasteiger charge is 2.50. The molecule has 2 N–H and O–H groups in total. The number of benzene rings is 2. The number of imide groups is 1. The summed E-state index contributed by atoms with van der Waals surface area (Å²) in [5.74, 6) is -1.05. The Hall–Kier alpha value is -3.13. The first-order valence-corrected chi connectivity index (χ1v) is 9.23. The predicted molar refractivity (Wildman–Crippen MR) is 104 cm³/mol. The van der Waals surface area contributed by atoms with E-state index >= 15 is 0 Å². The first kappa shape index (κ1) is 20.6. The zero-order valence-electron chi connectivity index (χ0n) is 15.6. The van der Waals surface area contributed by atoms with Crippen LogP contribution in [0.25, 0.3) is 0 Å². The van der Waals surface area contributed by atoms with E-state index in [2.05, 4.69) is 10.6 Å². The number of ether oxygens (including phenoxy) is 1. The molecule has 0 saturated carbocycles. The first-order chi connectivity index (χ1) is 13.8. The first-order valence-electron chi connectivity index (χ1n) is 8.85. The zero-order chi connectivity index (χ0) is 21.0. The van der Waals surface area contributed by atoms with Crippen LogP contribution >= 0.6 is 11.6 Å². The number of nitrogens with one attached hydrogen (secondary N) is 2. The van der Waals surface area contributed by atoms with Gasteiger partial charge in [0.2, 0.25) is 5.91 Å². The number of urea groups is 1. The average Bonchev–Trinajstić information content (AvgIpc) is 2.89. The summed E-state index contributed by atoms with van der Waals surface area (Å²) in [7, 11) is 0. The number of carbonyl (C=O) groups excluding carboxylic acids is 3. The third-order valence-corrected chi connectivity index (χ3v) is 4.80. The van der Waals surface area contributed by atoms with Crippen LogP contribution in [0.1, 0.15) is 12.5 Å². The van der Waals surface area contributed by atoms with Crippen LogP contribution < -0.4 is 15.4 Å². The average molecular weight is 420 g/mol. The van der Waals surface area contributed by atoms with Gasteiger partial charge in [-0.3, -0.25) is 14.5 Å². The van der Waals surface area contributed by atoms with Gasteiger partial charge >= 0.3 is 6.03 Å². The summed E-state index contributed by atoms with van der Waals surface area (Å²) in [4.78, 5) is 38.0. The van der Waals surface area contributed by atoms with E-state index in [0.717, 1.165) is 17.0 Å². The van der Waals surface area contributed by atoms with E-state index in [4.69, 9.17) is 16.3 Å². The number of amides is 4. The van der Waals surface area contributed by atoms with Gasteiger partial charge in [0.1, 0.15) is 30.3 Å². The fourth-order valence-corrected chi connectivity index (χ4v) is 3.35. The maximum Gasteiger partial charge on any atom is 0.325 e. The fourth-order valence-electron chi connectivity index (χ4n) is 2.99. The van der Waals surface area contributed by atoms with E-state index in [1.54, 1.807) is 12.1 Å². The summed E-state index contributed by atoms with van der Waals surface area (Å²) in [5.41, 5.74) is -1.24. The summed E-state index contributed by atoms with van der Waals surface area (Å²) in [6, 6.07) is 11.9. The maximum atomic E-state index is 13.3. The molecule has 0 aliphatic carbocycles. The Labute approximate surface area is 171 Å². The lowest BCUT2D eigenvalue weighted by atomic mass is 9.92. The number of carbonyl (C=O) groups is 3. The van der Waals surface area contributed by atoms with Crippen LogP contribution in [0.3, 0.4) is 0 Å². The van der Waals surface area contributed by atoms with Crippen molar-refractivity contribution in [2.45, 2.75) is 12.5 Å². The van der Waals surface area contributed by atoms with Crippen molar-refractivity contribution < 1.29 is 23.5 Å². The molecule has 1 atom stereocenters. The molecule has 4 amide bonds. The molecule has 3 rings (SSSR count). The number of rotatable bonds is 7. The number of hydrogen-bond donors (Lipinski definition) is 2. The van der Waals surface area contributed by atoms with Crippen molar-refractivity contribution in [3.8, 4) is 5.75 Å². The van der Waals surface area contributed by atoms with Gasteiger partial charge in [-0.05, 0) is 31.2 Å². The molecule has 7 nitrogen and oxygen atoms in total. The van der Waals surface area contributed by atoms with Crippen molar-refractivity contribution in [1.82, 2.24) is 15.5 Å². The Bertz CT molecular complexity index is 941. The molecule has 1 unspecified atom stereocenters. The Morgan fingerprint density at radius 3 is 2.66 bits per heavy atom. The monoisotopic (exact) mass is 419 g/mol. The summed E-state index contributed by atoms with van der Waals surface area (Å²) < 4.78 is 18.8. The highest BCUT2D eigenvalue weighted by atomic mass is 35.5. The van der Waals surface area contributed by atoms with Crippen LogP contribution in [0.4, 0.5) is 9.18 Å². The van der Waals surface area contributed by atoms with Crippen LogP contribution in [-0.4, -0.2) is 42.4 Å². The van der Waals surface area contributed by atoms with Gasteiger partial charge < -0.3 is 15.4 Å². The highest BCUT2D eigenvalue weighted by molar-refractivity contribution is 6.32.